The predicted octanol–water partition coefficient (Wildman–Crippen LogP) is 4.36. The van der Waals surface area contributed by atoms with Gasteiger partial charge in [-0.15, -0.1) is 0 Å². The minimum absolute atomic E-state index is 0.548. The van der Waals surface area contributed by atoms with Gasteiger partial charge in [-0.05, 0) is 46.3 Å². The maximum atomic E-state index is 5.97. The first-order valence-corrected chi connectivity index (χ1v) is 7.71. The van der Waals surface area contributed by atoms with Crippen LogP contribution in [0.25, 0.3) is 0 Å². The molecule has 1 heterocycles. The van der Waals surface area contributed by atoms with E-state index in [-0.39, 0.29) is 0 Å². The van der Waals surface area contributed by atoms with Crippen LogP contribution in [0.3, 0.4) is 0 Å². The first-order valence-electron chi connectivity index (χ1n) is 6.54. The Hall–Kier alpha value is -1.07. The molecule has 0 unspecified atom stereocenters. The Labute approximate surface area is 136 Å². The van der Waals surface area contributed by atoms with Crippen molar-refractivity contribution < 1.29 is 14.2 Å². The molecule has 0 N–H and O–H groups in total. The monoisotopic (exact) mass is 368 g/mol. The van der Waals surface area contributed by atoms with Gasteiger partial charge in [0.25, 0.3) is 0 Å². The molecule has 0 aliphatic carbocycles. The molecule has 21 heavy (non-hydrogen) atoms. The first kappa shape index (κ1) is 14.9. The Morgan fingerprint density at radius 3 is 2.24 bits per heavy atom. The molecule has 2 aromatic carbocycles. The Morgan fingerprint density at radius 2 is 1.67 bits per heavy atom. The summed E-state index contributed by atoms with van der Waals surface area (Å²) in [6, 6.07) is 13.3. The van der Waals surface area contributed by atoms with Crippen LogP contribution >= 0.6 is 27.5 Å². The van der Waals surface area contributed by atoms with Crippen LogP contribution in [0.5, 0.6) is 5.75 Å². The fourth-order valence-electron chi connectivity index (χ4n) is 2.45. The average molecular weight is 370 g/mol. The molecule has 0 aromatic heterocycles. The number of ether oxygens (including phenoxy) is 3. The van der Waals surface area contributed by atoms with Crippen molar-refractivity contribution in [3.05, 3.63) is 63.1 Å². The van der Waals surface area contributed by atoms with E-state index in [2.05, 4.69) is 15.9 Å². The van der Waals surface area contributed by atoms with Crippen molar-refractivity contribution in [2.24, 2.45) is 0 Å². The van der Waals surface area contributed by atoms with Gasteiger partial charge in [0.2, 0.25) is 5.79 Å². The van der Waals surface area contributed by atoms with Crippen LogP contribution in [-0.4, -0.2) is 20.3 Å². The topological polar surface area (TPSA) is 27.7 Å². The Bertz CT molecular complexity index is 636. The molecule has 5 heteroatoms. The summed E-state index contributed by atoms with van der Waals surface area (Å²) in [7, 11) is 1.64. The third-order valence-electron chi connectivity index (χ3n) is 3.45. The first-order chi connectivity index (χ1) is 10.2. The zero-order chi connectivity index (χ0) is 14.9. The van der Waals surface area contributed by atoms with Crippen molar-refractivity contribution >= 4 is 27.5 Å². The highest BCUT2D eigenvalue weighted by Gasteiger charge is 2.40. The average Bonchev–Trinajstić information content (AvgIpc) is 2.98. The van der Waals surface area contributed by atoms with Gasteiger partial charge < -0.3 is 14.2 Å². The standard InChI is InChI=1S/C16H14BrClO3/c1-19-15-7-4-12(10-14(15)17)16(20-8-9-21-16)11-2-5-13(18)6-3-11/h2-7,10H,8-9H2,1H3. The van der Waals surface area contributed by atoms with Gasteiger partial charge in [-0.1, -0.05) is 23.7 Å². The third-order valence-corrected chi connectivity index (χ3v) is 4.32. The fraction of sp³-hybridized carbons (Fsp3) is 0.250. The smallest absolute Gasteiger partial charge is 0.222 e. The van der Waals surface area contributed by atoms with E-state index in [4.69, 9.17) is 25.8 Å². The molecule has 3 nitrogen and oxygen atoms in total. The van der Waals surface area contributed by atoms with Crippen LogP contribution in [0.4, 0.5) is 0 Å². The number of benzene rings is 2. The van der Waals surface area contributed by atoms with E-state index in [1.807, 2.05) is 42.5 Å². The van der Waals surface area contributed by atoms with Gasteiger partial charge in [-0.2, -0.15) is 0 Å². The lowest BCUT2D eigenvalue weighted by Crippen LogP contribution is -2.28. The van der Waals surface area contributed by atoms with E-state index < -0.39 is 5.79 Å². The summed E-state index contributed by atoms with van der Waals surface area (Å²) in [6.07, 6.45) is 0. The van der Waals surface area contributed by atoms with Crippen molar-refractivity contribution in [2.75, 3.05) is 20.3 Å². The summed E-state index contributed by atoms with van der Waals surface area (Å²) in [4.78, 5) is 0. The van der Waals surface area contributed by atoms with Crippen molar-refractivity contribution in [2.45, 2.75) is 5.79 Å². The summed E-state index contributed by atoms with van der Waals surface area (Å²) in [5.41, 5.74) is 1.83. The summed E-state index contributed by atoms with van der Waals surface area (Å²) in [5, 5.41) is 0.683. The van der Waals surface area contributed by atoms with Crippen LogP contribution in [0.2, 0.25) is 5.02 Å². The Balaban J connectivity index is 2.09. The maximum Gasteiger partial charge on any atom is 0.222 e. The van der Waals surface area contributed by atoms with E-state index in [0.717, 1.165) is 21.3 Å². The van der Waals surface area contributed by atoms with Gasteiger partial charge in [0.1, 0.15) is 5.75 Å². The molecular weight excluding hydrogens is 356 g/mol. The van der Waals surface area contributed by atoms with Crippen LogP contribution in [0.1, 0.15) is 11.1 Å². The maximum absolute atomic E-state index is 5.97. The van der Waals surface area contributed by atoms with E-state index in [9.17, 15) is 0 Å². The minimum atomic E-state index is -0.890. The molecule has 0 radical (unpaired) electrons. The van der Waals surface area contributed by atoms with Crippen molar-refractivity contribution in [1.29, 1.82) is 0 Å². The van der Waals surface area contributed by atoms with Gasteiger partial charge >= 0.3 is 0 Å². The largest absolute Gasteiger partial charge is 0.496 e. The molecule has 0 amide bonds. The lowest BCUT2D eigenvalue weighted by atomic mass is 9.97. The second-order valence-corrected chi connectivity index (χ2v) is 5.96. The lowest BCUT2D eigenvalue weighted by molar-refractivity contribution is -0.129. The van der Waals surface area contributed by atoms with Crippen LogP contribution in [0.15, 0.2) is 46.9 Å². The summed E-state index contributed by atoms with van der Waals surface area (Å²) < 4.78 is 18.0. The molecule has 3 rings (SSSR count). The highest BCUT2D eigenvalue weighted by Crippen LogP contribution is 2.41. The normalized spacial score (nSPS) is 16.9. The van der Waals surface area contributed by atoms with E-state index in [1.165, 1.54) is 0 Å². The summed E-state index contributed by atoms with van der Waals surface area (Å²) >= 11 is 9.47. The predicted molar refractivity (Wildman–Crippen MR) is 84.8 cm³/mol. The summed E-state index contributed by atoms with van der Waals surface area (Å²) in [5.74, 6) is -0.123. The molecule has 0 bridgehead atoms. The minimum Gasteiger partial charge on any atom is -0.496 e. The van der Waals surface area contributed by atoms with Gasteiger partial charge in [0.15, 0.2) is 0 Å². The van der Waals surface area contributed by atoms with Crippen molar-refractivity contribution in [1.82, 2.24) is 0 Å². The highest BCUT2D eigenvalue weighted by atomic mass is 79.9. The number of hydrogen-bond donors (Lipinski definition) is 0. The van der Waals surface area contributed by atoms with Crippen molar-refractivity contribution in [3.8, 4) is 5.75 Å². The van der Waals surface area contributed by atoms with Gasteiger partial charge in [-0.3, -0.25) is 0 Å². The molecule has 0 saturated carbocycles. The molecular formula is C16H14BrClO3. The fourth-order valence-corrected chi connectivity index (χ4v) is 3.12. The Morgan fingerprint density at radius 1 is 1.05 bits per heavy atom. The van der Waals surface area contributed by atoms with E-state index in [0.29, 0.717) is 18.2 Å². The highest BCUT2D eigenvalue weighted by molar-refractivity contribution is 9.10. The molecule has 1 fully saturated rings. The lowest BCUT2D eigenvalue weighted by Gasteiger charge is -2.28. The molecule has 2 aromatic rings. The van der Waals surface area contributed by atoms with Gasteiger partial charge in [0.05, 0.1) is 24.8 Å². The second-order valence-electron chi connectivity index (χ2n) is 4.67. The van der Waals surface area contributed by atoms with Gasteiger partial charge in [-0.25, -0.2) is 0 Å². The number of halogens is 2. The molecule has 110 valence electrons. The SMILES string of the molecule is COc1ccc(C2(c3ccc(Cl)cc3)OCCO2)cc1Br. The molecule has 1 aliphatic heterocycles. The zero-order valence-corrected chi connectivity index (χ0v) is 13.8. The van der Waals surface area contributed by atoms with E-state index >= 15 is 0 Å². The molecule has 0 spiro atoms. The molecule has 1 saturated heterocycles. The van der Waals surface area contributed by atoms with Crippen LogP contribution in [-0.2, 0) is 15.3 Å². The van der Waals surface area contributed by atoms with Crippen LogP contribution in [0, 0.1) is 0 Å². The van der Waals surface area contributed by atoms with Gasteiger partial charge in [0, 0.05) is 16.1 Å². The molecule has 1 aliphatic rings. The number of hydrogen-bond acceptors (Lipinski definition) is 3. The third kappa shape index (κ3) is 2.69. The summed E-state index contributed by atoms with van der Waals surface area (Å²) in [6.45, 7) is 1.10. The van der Waals surface area contributed by atoms with E-state index in [1.54, 1.807) is 7.11 Å². The van der Waals surface area contributed by atoms with Crippen molar-refractivity contribution in [3.63, 3.8) is 0 Å². The quantitative estimate of drug-likeness (QED) is 0.804. The number of methoxy groups -OCH3 is 1. The van der Waals surface area contributed by atoms with Crippen LogP contribution < -0.4 is 4.74 Å². The zero-order valence-electron chi connectivity index (χ0n) is 11.4. The Kier molecular flexibility index (Phi) is 4.22. The molecule has 0 atom stereocenters. The second kappa shape index (κ2) is 5.97. The number of rotatable bonds is 3.